The zero-order chi connectivity index (χ0) is 20.5. The van der Waals surface area contributed by atoms with Crippen LogP contribution in [0.3, 0.4) is 0 Å². The number of hydrogen-bond donors (Lipinski definition) is 2. The maximum Gasteiger partial charge on any atom is 0.328 e. The first-order valence-corrected chi connectivity index (χ1v) is 10.7. The van der Waals surface area contributed by atoms with Crippen LogP contribution in [0.1, 0.15) is 43.0 Å². The summed E-state index contributed by atoms with van der Waals surface area (Å²) in [6.07, 6.45) is 3.84. The number of rotatable bonds is 5. The van der Waals surface area contributed by atoms with E-state index >= 15 is 0 Å². The predicted octanol–water partition coefficient (Wildman–Crippen LogP) is 3.53. The van der Waals surface area contributed by atoms with Crippen LogP contribution in [-0.4, -0.2) is 25.5 Å². The standard InChI is InChI=1S/C22H25NO4S/c1-22(2,3)19-6-4-5-7-20(19)28(26,27)23-18-13-16-10-8-15(9-11-21(24)25)12-17(16)14-18/h4-12,18,23H,13-14H2,1-3H3,(H,24,25)/b11-9+. The lowest BCUT2D eigenvalue weighted by Crippen LogP contribution is -2.36. The first-order valence-electron chi connectivity index (χ1n) is 9.21. The Bertz CT molecular complexity index is 1030. The average Bonchev–Trinajstić information content (AvgIpc) is 2.99. The molecule has 0 radical (unpaired) electrons. The summed E-state index contributed by atoms with van der Waals surface area (Å²) < 4.78 is 29.0. The summed E-state index contributed by atoms with van der Waals surface area (Å²) in [5.41, 5.74) is 3.44. The Morgan fingerprint density at radius 3 is 2.46 bits per heavy atom. The second-order valence-electron chi connectivity index (χ2n) is 8.17. The van der Waals surface area contributed by atoms with Crippen molar-refractivity contribution in [3.05, 3.63) is 70.8 Å². The summed E-state index contributed by atoms with van der Waals surface area (Å²) in [6.45, 7) is 6.00. The molecule has 0 amide bonds. The van der Waals surface area contributed by atoms with Gasteiger partial charge in [0, 0.05) is 12.1 Å². The predicted molar refractivity (Wildman–Crippen MR) is 110 cm³/mol. The summed E-state index contributed by atoms with van der Waals surface area (Å²) in [4.78, 5) is 11.0. The number of sulfonamides is 1. The van der Waals surface area contributed by atoms with E-state index in [4.69, 9.17) is 5.11 Å². The van der Waals surface area contributed by atoms with Crippen LogP contribution in [0.25, 0.3) is 6.08 Å². The topological polar surface area (TPSA) is 83.5 Å². The Morgan fingerprint density at radius 2 is 1.79 bits per heavy atom. The van der Waals surface area contributed by atoms with Gasteiger partial charge in [0.1, 0.15) is 0 Å². The smallest absolute Gasteiger partial charge is 0.328 e. The molecule has 0 bridgehead atoms. The van der Waals surface area contributed by atoms with E-state index in [0.717, 1.165) is 28.3 Å². The molecule has 5 nitrogen and oxygen atoms in total. The van der Waals surface area contributed by atoms with Crippen molar-refractivity contribution in [2.24, 2.45) is 0 Å². The van der Waals surface area contributed by atoms with Crippen LogP contribution < -0.4 is 4.72 Å². The first kappa shape index (κ1) is 20.3. The number of benzene rings is 2. The SMILES string of the molecule is CC(C)(C)c1ccccc1S(=O)(=O)NC1Cc2ccc(/C=C/C(=O)O)cc2C1. The van der Waals surface area contributed by atoms with Gasteiger partial charge in [-0.2, -0.15) is 0 Å². The van der Waals surface area contributed by atoms with Gasteiger partial charge in [0.05, 0.1) is 4.90 Å². The third-order valence-electron chi connectivity index (χ3n) is 4.89. The fourth-order valence-electron chi connectivity index (χ4n) is 3.60. The third-order valence-corrected chi connectivity index (χ3v) is 6.47. The van der Waals surface area contributed by atoms with Crippen LogP contribution in [0, 0.1) is 0 Å². The highest BCUT2D eigenvalue weighted by atomic mass is 32.2. The number of carbonyl (C=O) groups is 1. The normalized spacial score (nSPS) is 17.0. The molecule has 6 heteroatoms. The summed E-state index contributed by atoms with van der Waals surface area (Å²) in [5, 5.41) is 8.76. The number of aliphatic carboxylic acids is 1. The van der Waals surface area contributed by atoms with E-state index in [0.29, 0.717) is 17.7 Å². The van der Waals surface area contributed by atoms with E-state index in [2.05, 4.69) is 4.72 Å². The second kappa shape index (κ2) is 7.53. The van der Waals surface area contributed by atoms with Gasteiger partial charge in [0.2, 0.25) is 10.0 Å². The fourth-order valence-corrected chi connectivity index (χ4v) is 5.25. The third kappa shape index (κ3) is 4.51. The zero-order valence-corrected chi connectivity index (χ0v) is 17.1. The van der Waals surface area contributed by atoms with E-state index in [1.807, 2.05) is 51.1 Å². The molecule has 28 heavy (non-hydrogen) atoms. The van der Waals surface area contributed by atoms with Crippen molar-refractivity contribution in [3.63, 3.8) is 0 Å². The number of carboxylic acid groups (broad SMARTS) is 1. The maximum atomic E-state index is 13.1. The quantitative estimate of drug-likeness (QED) is 0.754. The summed E-state index contributed by atoms with van der Waals surface area (Å²) in [6, 6.07) is 12.6. The van der Waals surface area contributed by atoms with Gasteiger partial charge in [-0.25, -0.2) is 17.9 Å². The minimum absolute atomic E-state index is 0.216. The molecule has 1 atom stereocenters. The van der Waals surface area contributed by atoms with Crippen molar-refractivity contribution >= 4 is 22.1 Å². The molecule has 1 unspecified atom stereocenters. The fraction of sp³-hybridized carbons (Fsp3) is 0.318. The number of fused-ring (bicyclic) bond motifs is 1. The van der Waals surface area contributed by atoms with Crippen LogP contribution in [0.5, 0.6) is 0 Å². The lowest BCUT2D eigenvalue weighted by Gasteiger charge is -2.23. The van der Waals surface area contributed by atoms with Crippen molar-refractivity contribution in [3.8, 4) is 0 Å². The van der Waals surface area contributed by atoms with Gasteiger partial charge < -0.3 is 5.11 Å². The molecule has 2 N–H and O–H groups in total. The maximum absolute atomic E-state index is 13.1. The van der Waals surface area contributed by atoms with Crippen LogP contribution in [0.4, 0.5) is 0 Å². The van der Waals surface area contributed by atoms with Gasteiger partial charge in [-0.1, -0.05) is 57.2 Å². The summed E-state index contributed by atoms with van der Waals surface area (Å²) in [7, 11) is -3.65. The lowest BCUT2D eigenvalue weighted by atomic mass is 9.87. The molecule has 1 aliphatic carbocycles. The zero-order valence-electron chi connectivity index (χ0n) is 16.3. The van der Waals surface area contributed by atoms with Gasteiger partial charge >= 0.3 is 5.97 Å². The minimum atomic E-state index is -3.65. The highest BCUT2D eigenvalue weighted by Gasteiger charge is 2.30. The summed E-state index contributed by atoms with van der Waals surface area (Å²) in [5.74, 6) is -0.997. The largest absolute Gasteiger partial charge is 0.478 e. The molecular weight excluding hydrogens is 374 g/mol. The van der Waals surface area contributed by atoms with Crippen molar-refractivity contribution in [2.45, 2.75) is 50.0 Å². The molecule has 3 rings (SSSR count). The molecule has 0 saturated carbocycles. The molecule has 2 aromatic rings. The molecule has 148 valence electrons. The van der Waals surface area contributed by atoms with Gasteiger partial charge in [-0.05, 0) is 52.7 Å². The molecule has 0 fully saturated rings. The van der Waals surface area contributed by atoms with Crippen molar-refractivity contribution in [2.75, 3.05) is 0 Å². The van der Waals surface area contributed by atoms with Crippen LogP contribution >= 0.6 is 0 Å². The minimum Gasteiger partial charge on any atom is -0.478 e. The van der Waals surface area contributed by atoms with E-state index < -0.39 is 16.0 Å². The number of nitrogens with one attached hydrogen (secondary N) is 1. The molecule has 0 heterocycles. The van der Waals surface area contributed by atoms with E-state index in [9.17, 15) is 13.2 Å². The Morgan fingerprint density at radius 1 is 1.11 bits per heavy atom. The van der Waals surface area contributed by atoms with Crippen LogP contribution in [0.2, 0.25) is 0 Å². The Kier molecular flexibility index (Phi) is 5.46. The van der Waals surface area contributed by atoms with Gasteiger partial charge in [-0.3, -0.25) is 0 Å². The van der Waals surface area contributed by atoms with E-state index in [1.54, 1.807) is 18.2 Å². The molecule has 0 spiro atoms. The molecule has 1 aliphatic rings. The van der Waals surface area contributed by atoms with Gasteiger partial charge in [0.25, 0.3) is 0 Å². The lowest BCUT2D eigenvalue weighted by molar-refractivity contribution is -0.131. The average molecular weight is 400 g/mol. The molecule has 0 aliphatic heterocycles. The van der Waals surface area contributed by atoms with Crippen LogP contribution in [0.15, 0.2) is 53.4 Å². The van der Waals surface area contributed by atoms with E-state index in [-0.39, 0.29) is 11.5 Å². The second-order valence-corrected chi connectivity index (χ2v) is 9.85. The van der Waals surface area contributed by atoms with Crippen molar-refractivity contribution < 1.29 is 18.3 Å². The van der Waals surface area contributed by atoms with Crippen molar-refractivity contribution in [1.82, 2.24) is 4.72 Å². The van der Waals surface area contributed by atoms with Crippen LogP contribution in [-0.2, 0) is 33.1 Å². The Balaban J connectivity index is 1.81. The molecule has 0 aromatic heterocycles. The van der Waals surface area contributed by atoms with Gasteiger partial charge in [-0.15, -0.1) is 0 Å². The Labute approximate surface area is 166 Å². The van der Waals surface area contributed by atoms with Gasteiger partial charge in [0.15, 0.2) is 0 Å². The molecular formula is C22H25NO4S. The first-order chi connectivity index (χ1) is 13.1. The van der Waals surface area contributed by atoms with Crippen molar-refractivity contribution in [1.29, 1.82) is 0 Å². The monoisotopic (exact) mass is 399 g/mol. The molecule has 0 saturated heterocycles. The Hall–Kier alpha value is -2.44. The summed E-state index contributed by atoms with van der Waals surface area (Å²) >= 11 is 0. The highest BCUT2D eigenvalue weighted by molar-refractivity contribution is 7.89. The molecule has 2 aromatic carbocycles. The number of carboxylic acids is 1. The van der Waals surface area contributed by atoms with E-state index in [1.165, 1.54) is 0 Å². The highest BCUT2D eigenvalue weighted by Crippen LogP contribution is 2.30. The number of hydrogen-bond acceptors (Lipinski definition) is 3.